The zero-order chi connectivity index (χ0) is 19.7. The van der Waals surface area contributed by atoms with Gasteiger partial charge in [-0.15, -0.1) is 10.2 Å². The quantitative estimate of drug-likeness (QED) is 0.595. The Balaban J connectivity index is 1.80. The molecular weight excluding hydrogens is 444 g/mol. The first-order valence-electron chi connectivity index (χ1n) is 8.47. The molecular formula is C19H14BrN4O3S-. The molecule has 1 aliphatic heterocycles. The molecule has 142 valence electrons. The number of hydrogen-bond acceptors (Lipinski definition) is 8. The Kier molecular flexibility index (Phi) is 5.19. The van der Waals surface area contributed by atoms with Gasteiger partial charge < -0.3 is 20.0 Å². The Morgan fingerprint density at radius 2 is 2.04 bits per heavy atom. The van der Waals surface area contributed by atoms with Gasteiger partial charge in [-0.05, 0) is 29.5 Å². The molecule has 0 spiro atoms. The van der Waals surface area contributed by atoms with Crippen molar-refractivity contribution in [1.29, 1.82) is 0 Å². The van der Waals surface area contributed by atoms with Gasteiger partial charge in [0.1, 0.15) is 0 Å². The standard InChI is InChI=1S/C19H15BrN4O3S/c1-2-28-19-22-17-15(23-24-19)13-9-12(20)7-8-14(13)21-16(27-17)10-3-5-11(6-4-10)18(25)26/h3-9,16,21H,2H2,1H3,(H,25,26)/p-1. The van der Waals surface area contributed by atoms with Crippen molar-refractivity contribution >= 4 is 39.3 Å². The number of ether oxygens (including phenoxy) is 1. The first-order valence-corrected chi connectivity index (χ1v) is 10.2. The van der Waals surface area contributed by atoms with E-state index in [1.54, 1.807) is 12.1 Å². The largest absolute Gasteiger partial charge is 0.545 e. The Morgan fingerprint density at radius 3 is 2.75 bits per heavy atom. The SMILES string of the molecule is CCSc1nnc2c(n1)OC(c1ccc(C(=O)[O-])cc1)Nc1ccc(Br)cc1-2. The normalized spacial score (nSPS) is 14.9. The Morgan fingerprint density at radius 1 is 1.25 bits per heavy atom. The molecule has 1 atom stereocenters. The van der Waals surface area contributed by atoms with Gasteiger partial charge in [-0.3, -0.25) is 0 Å². The number of anilines is 1. The van der Waals surface area contributed by atoms with Crippen LogP contribution in [0.5, 0.6) is 5.88 Å². The number of thioether (sulfide) groups is 1. The summed E-state index contributed by atoms with van der Waals surface area (Å²) in [7, 11) is 0. The summed E-state index contributed by atoms with van der Waals surface area (Å²) in [6, 6.07) is 12.1. The van der Waals surface area contributed by atoms with Crippen LogP contribution in [-0.2, 0) is 0 Å². The van der Waals surface area contributed by atoms with Gasteiger partial charge in [0, 0.05) is 21.3 Å². The van der Waals surface area contributed by atoms with Crippen molar-refractivity contribution in [3.05, 3.63) is 58.1 Å². The van der Waals surface area contributed by atoms with E-state index in [1.165, 1.54) is 23.9 Å². The van der Waals surface area contributed by atoms with Crippen molar-refractivity contribution < 1.29 is 14.6 Å². The van der Waals surface area contributed by atoms with Crippen LogP contribution in [0.4, 0.5) is 5.69 Å². The third-order valence-electron chi connectivity index (χ3n) is 4.11. The number of aromatic carboxylic acids is 1. The van der Waals surface area contributed by atoms with Gasteiger partial charge in [-0.1, -0.05) is 58.9 Å². The minimum absolute atomic E-state index is 0.104. The minimum Gasteiger partial charge on any atom is -0.545 e. The Hall–Kier alpha value is -2.65. The van der Waals surface area contributed by atoms with Crippen LogP contribution in [0.2, 0.25) is 0 Å². The first-order chi connectivity index (χ1) is 13.5. The molecule has 9 heteroatoms. The van der Waals surface area contributed by atoms with E-state index < -0.39 is 12.2 Å². The average Bonchev–Trinajstić information content (AvgIpc) is 2.84. The molecule has 0 aliphatic carbocycles. The van der Waals surface area contributed by atoms with Crippen LogP contribution < -0.4 is 15.2 Å². The highest BCUT2D eigenvalue weighted by molar-refractivity contribution is 9.10. The fourth-order valence-electron chi connectivity index (χ4n) is 2.81. The Bertz CT molecular complexity index is 1050. The fraction of sp³-hybridized carbons (Fsp3) is 0.158. The number of aromatic nitrogens is 3. The molecule has 4 rings (SSSR count). The summed E-state index contributed by atoms with van der Waals surface area (Å²) >= 11 is 4.96. The van der Waals surface area contributed by atoms with Crippen LogP contribution >= 0.6 is 27.7 Å². The van der Waals surface area contributed by atoms with Gasteiger partial charge >= 0.3 is 0 Å². The van der Waals surface area contributed by atoms with Crippen molar-refractivity contribution in [2.45, 2.75) is 18.3 Å². The second kappa shape index (κ2) is 7.76. The van der Waals surface area contributed by atoms with Crippen LogP contribution in [-0.4, -0.2) is 26.9 Å². The van der Waals surface area contributed by atoms with Gasteiger partial charge in [0.2, 0.25) is 11.0 Å². The van der Waals surface area contributed by atoms with E-state index in [0.29, 0.717) is 16.7 Å². The third-order valence-corrected chi connectivity index (χ3v) is 5.32. The lowest BCUT2D eigenvalue weighted by Gasteiger charge is -2.19. The number of carbonyl (C=O) groups excluding carboxylic acids is 1. The molecule has 0 saturated carbocycles. The second-order valence-electron chi connectivity index (χ2n) is 5.92. The summed E-state index contributed by atoms with van der Waals surface area (Å²) in [5, 5.41) is 23.4. The summed E-state index contributed by atoms with van der Waals surface area (Å²) in [4.78, 5) is 15.5. The zero-order valence-corrected chi connectivity index (χ0v) is 17.1. The molecule has 2 aromatic carbocycles. The fourth-order valence-corrected chi connectivity index (χ4v) is 3.67. The smallest absolute Gasteiger partial charge is 0.247 e. The number of fused-ring (bicyclic) bond motifs is 3. The summed E-state index contributed by atoms with van der Waals surface area (Å²) in [5.41, 5.74) is 3.01. The molecule has 3 aromatic rings. The molecule has 1 N–H and O–H groups in total. The van der Waals surface area contributed by atoms with Gasteiger partial charge in [-0.25, -0.2) is 0 Å². The van der Waals surface area contributed by atoms with E-state index in [-0.39, 0.29) is 5.56 Å². The van der Waals surface area contributed by atoms with E-state index in [4.69, 9.17) is 4.74 Å². The number of rotatable bonds is 4. The van der Waals surface area contributed by atoms with Crippen molar-refractivity contribution in [2.24, 2.45) is 0 Å². The van der Waals surface area contributed by atoms with Gasteiger partial charge in [-0.2, -0.15) is 4.98 Å². The average molecular weight is 458 g/mol. The summed E-state index contributed by atoms with van der Waals surface area (Å²) < 4.78 is 7.03. The third kappa shape index (κ3) is 3.67. The summed E-state index contributed by atoms with van der Waals surface area (Å²) in [6.45, 7) is 2.01. The van der Waals surface area contributed by atoms with Crippen LogP contribution in [0.25, 0.3) is 11.3 Å². The second-order valence-corrected chi connectivity index (χ2v) is 8.07. The predicted molar refractivity (Wildman–Crippen MR) is 107 cm³/mol. The van der Waals surface area contributed by atoms with E-state index >= 15 is 0 Å². The van der Waals surface area contributed by atoms with E-state index in [9.17, 15) is 9.90 Å². The molecule has 28 heavy (non-hydrogen) atoms. The van der Waals surface area contributed by atoms with Crippen molar-refractivity contribution in [3.63, 3.8) is 0 Å². The number of nitrogens with zero attached hydrogens (tertiary/aromatic N) is 3. The topological polar surface area (TPSA) is 100 Å². The molecule has 1 aromatic heterocycles. The number of carboxylic acid groups (broad SMARTS) is 1. The maximum absolute atomic E-state index is 11.0. The lowest BCUT2D eigenvalue weighted by Crippen LogP contribution is -2.22. The highest BCUT2D eigenvalue weighted by atomic mass is 79.9. The molecule has 1 unspecified atom stereocenters. The molecule has 0 amide bonds. The number of nitrogens with one attached hydrogen (secondary N) is 1. The van der Waals surface area contributed by atoms with Crippen molar-refractivity contribution in [2.75, 3.05) is 11.1 Å². The van der Waals surface area contributed by atoms with Crippen LogP contribution in [0, 0.1) is 0 Å². The summed E-state index contributed by atoms with van der Waals surface area (Å²) in [6.07, 6.45) is -0.576. The van der Waals surface area contributed by atoms with Crippen molar-refractivity contribution in [3.8, 4) is 17.1 Å². The number of carboxylic acids is 1. The predicted octanol–water partition coefficient (Wildman–Crippen LogP) is 3.28. The van der Waals surface area contributed by atoms with Crippen LogP contribution in [0.1, 0.15) is 29.1 Å². The Labute approximate surface area is 173 Å². The zero-order valence-electron chi connectivity index (χ0n) is 14.7. The molecule has 0 bridgehead atoms. The molecule has 7 nitrogen and oxygen atoms in total. The molecule has 0 fully saturated rings. The number of carbonyl (C=O) groups is 1. The van der Waals surface area contributed by atoms with E-state index in [1.807, 2.05) is 25.1 Å². The first kappa shape index (κ1) is 18.7. The molecule has 1 aliphatic rings. The maximum Gasteiger partial charge on any atom is 0.247 e. The van der Waals surface area contributed by atoms with Crippen LogP contribution in [0.3, 0.4) is 0 Å². The maximum atomic E-state index is 11.0. The lowest BCUT2D eigenvalue weighted by molar-refractivity contribution is -0.255. The number of hydrogen-bond donors (Lipinski definition) is 1. The van der Waals surface area contributed by atoms with Crippen LogP contribution in [0.15, 0.2) is 52.1 Å². The molecule has 0 saturated heterocycles. The molecule has 0 radical (unpaired) electrons. The number of halogens is 1. The number of benzene rings is 2. The molecule has 2 heterocycles. The lowest BCUT2D eigenvalue weighted by atomic mass is 10.1. The highest BCUT2D eigenvalue weighted by Gasteiger charge is 2.26. The van der Waals surface area contributed by atoms with Gasteiger partial charge in [0.25, 0.3) is 0 Å². The van der Waals surface area contributed by atoms with E-state index in [0.717, 1.165) is 27.0 Å². The summed E-state index contributed by atoms with van der Waals surface area (Å²) in [5.74, 6) is -0.0427. The highest BCUT2D eigenvalue weighted by Crippen LogP contribution is 2.40. The van der Waals surface area contributed by atoms with E-state index in [2.05, 4.69) is 36.4 Å². The van der Waals surface area contributed by atoms with Crippen molar-refractivity contribution in [1.82, 2.24) is 15.2 Å². The minimum atomic E-state index is -1.22. The monoisotopic (exact) mass is 457 g/mol. The van der Waals surface area contributed by atoms with Gasteiger partial charge in [0.15, 0.2) is 11.9 Å². The van der Waals surface area contributed by atoms with Gasteiger partial charge in [0.05, 0.1) is 5.97 Å².